The topological polar surface area (TPSA) is 48.3 Å². The fraction of sp³-hybridized carbons (Fsp3) is 0.333. The average Bonchev–Trinajstić information content (AvgIpc) is 2.79. The first-order chi connectivity index (χ1) is 8.19. The summed E-state index contributed by atoms with van der Waals surface area (Å²) in [5.74, 6) is -0.546. The zero-order chi connectivity index (χ0) is 12.4. The summed E-state index contributed by atoms with van der Waals surface area (Å²) in [6.45, 7) is 4.67. The smallest absolute Gasteiger partial charge is 0.343 e. The number of thiophene rings is 1. The zero-order valence-corrected chi connectivity index (χ0v) is 10.5. The van der Waals surface area contributed by atoms with Crippen LogP contribution in [-0.4, -0.2) is 17.1 Å². The largest absolute Gasteiger partial charge is 0.462 e. The Morgan fingerprint density at radius 3 is 2.88 bits per heavy atom. The van der Waals surface area contributed by atoms with Crippen molar-refractivity contribution in [1.29, 1.82) is 0 Å². The third-order valence-electron chi connectivity index (χ3n) is 2.53. The van der Waals surface area contributed by atoms with E-state index >= 15 is 0 Å². The van der Waals surface area contributed by atoms with E-state index in [9.17, 15) is 9.59 Å². The Kier molecular flexibility index (Phi) is 3.28. The molecule has 0 bridgehead atoms. The molecule has 2 aromatic heterocycles. The van der Waals surface area contributed by atoms with Gasteiger partial charge in [0, 0.05) is 12.7 Å². The lowest BCUT2D eigenvalue weighted by atomic mass is 10.2. The maximum atomic E-state index is 12.1. The van der Waals surface area contributed by atoms with Crippen LogP contribution in [0.25, 0.3) is 10.2 Å². The minimum atomic E-state index is -0.546. The Hall–Kier alpha value is -1.62. The summed E-state index contributed by atoms with van der Waals surface area (Å²) in [6, 6.07) is 1.89. The van der Waals surface area contributed by atoms with E-state index < -0.39 is 5.97 Å². The van der Waals surface area contributed by atoms with E-state index in [1.807, 2.05) is 22.9 Å². The Bertz CT molecular complexity index is 612. The third-order valence-corrected chi connectivity index (χ3v) is 3.43. The number of pyridine rings is 1. The van der Waals surface area contributed by atoms with Crippen LogP contribution >= 0.6 is 11.3 Å². The molecule has 0 saturated carbocycles. The lowest BCUT2D eigenvalue weighted by Gasteiger charge is -2.08. The Balaban J connectivity index is 2.68. The number of hydrogen-bond donors (Lipinski definition) is 0. The van der Waals surface area contributed by atoms with Gasteiger partial charge in [-0.1, -0.05) is 0 Å². The van der Waals surface area contributed by atoms with E-state index in [1.165, 1.54) is 11.3 Å². The molecular weight excluding hydrogens is 238 g/mol. The van der Waals surface area contributed by atoms with Crippen LogP contribution in [0.2, 0.25) is 0 Å². The summed E-state index contributed by atoms with van der Waals surface area (Å²) < 4.78 is 7.38. The second-order valence-electron chi connectivity index (χ2n) is 3.51. The molecule has 0 saturated heterocycles. The SMILES string of the molecule is CCOC(=O)c1cn(CC)c2ccsc2c1=O. The molecule has 0 N–H and O–H groups in total. The predicted octanol–water partition coefficient (Wildman–Crippen LogP) is 2.26. The number of ether oxygens (including phenoxy) is 1. The van der Waals surface area contributed by atoms with Gasteiger partial charge in [0.25, 0.3) is 0 Å². The number of carbonyl (C=O) groups excluding carboxylic acids is 1. The Morgan fingerprint density at radius 2 is 2.24 bits per heavy atom. The van der Waals surface area contributed by atoms with Gasteiger partial charge in [-0.2, -0.15) is 0 Å². The molecule has 17 heavy (non-hydrogen) atoms. The highest BCUT2D eigenvalue weighted by atomic mass is 32.1. The summed E-state index contributed by atoms with van der Waals surface area (Å²) in [7, 11) is 0. The molecule has 0 atom stereocenters. The van der Waals surface area contributed by atoms with Gasteiger partial charge in [-0.3, -0.25) is 4.79 Å². The molecule has 0 spiro atoms. The average molecular weight is 251 g/mol. The molecule has 0 unspecified atom stereocenters. The van der Waals surface area contributed by atoms with Crippen molar-refractivity contribution in [3.8, 4) is 0 Å². The van der Waals surface area contributed by atoms with E-state index in [2.05, 4.69) is 0 Å². The lowest BCUT2D eigenvalue weighted by Crippen LogP contribution is -2.19. The molecule has 0 radical (unpaired) electrons. The maximum absolute atomic E-state index is 12.1. The lowest BCUT2D eigenvalue weighted by molar-refractivity contribution is 0.0524. The van der Waals surface area contributed by atoms with Crippen LogP contribution < -0.4 is 5.43 Å². The maximum Gasteiger partial charge on any atom is 0.343 e. The standard InChI is InChI=1S/C12H13NO3S/c1-3-13-7-8(12(15)16-4-2)10(14)11-9(13)5-6-17-11/h5-7H,3-4H2,1-2H3. The van der Waals surface area contributed by atoms with Gasteiger partial charge >= 0.3 is 5.97 Å². The highest BCUT2D eigenvalue weighted by Crippen LogP contribution is 2.18. The van der Waals surface area contributed by atoms with Gasteiger partial charge in [-0.05, 0) is 25.3 Å². The van der Waals surface area contributed by atoms with Crippen molar-refractivity contribution < 1.29 is 9.53 Å². The molecule has 90 valence electrons. The van der Waals surface area contributed by atoms with Crippen LogP contribution in [-0.2, 0) is 11.3 Å². The van der Waals surface area contributed by atoms with Gasteiger partial charge < -0.3 is 9.30 Å². The van der Waals surface area contributed by atoms with Crippen LogP contribution in [0, 0.1) is 0 Å². The Labute approximate surface area is 102 Å². The minimum Gasteiger partial charge on any atom is -0.462 e. The predicted molar refractivity (Wildman–Crippen MR) is 67.7 cm³/mol. The van der Waals surface area contributed by atoms with Gasteiger partial charge in [0.1, 0.15) is 5.56 Å². The number of nitrogens with zero attached hydrogens (tertiary/aromatic N) is 1. The van der Waals surface area contributed by atoms with Crippen molar-refractivity contribution in [2.45, 2.75) is 20.4 Å². The second-order valence-corrected chi connectivity index (χ2v) is 4.43. The highest BCUT2D eigenvalue weighted by Gasteiger charge is 2.16. The van der Waals surface area contributed by atoms with Gasteiger partial charge in [0.2, 0.25) is 5.43 Å². The normalized spacial score (nSPS) is 10.7. The first-order valence-corrected chi connectivity index (χ1v) is 6.34. The molecule has 0 aromatic carbocycles. The first kappa shape index (κ1) is 11.9. The first-order valence-electron chi connectivity index (χ1n) is 5.46. The summed E-state index contributed by atoms with van der Waals surface area (Å²) >= 11 is 1.35. The molecule has 0 fully saturated rings. The summed E-state index contributed by atoms with van der Waals surface area (Å²) in [5, 5.41) is 1.85. The van der Waals surface area contributed by atoms with E-state index in [-0.39, 0.29) is 17.6 Å². The fourth-order valence-electron chi connectivity index (χ4n) is 1.72. The number of hydrogen-bond acceptors (Lipinski definition) is 4. The second kappa shape index (κ2) is 4.71. The van der Waals surface area contributed by atoms with E-state index in [0.717, 1.165) is 5.52 Å². The fourth-order valence-corrected chi connectivity index (χ4v) is 2.58. The molecule has 5 heteroatoms. The van der Waals surface area contributed by atoms with Crippen molar-refractivity contribution in [2.24, 2.45) is 0 Å². The number of carbonyl (C=O) groups is 1. The molecule has 2 rings (SSSR count). The van der Waals surface area contributed by atoms with Crippen LogP contribution in [0.4, 0.5) is 0 Å². The summed E-state index contributed by atoms with van der Waals surface area (Å²) in [5.41, 5.74) is 0.748. The van der Waals surface area contributed by atoms with Crippen LogP contribution in [0.3, 0.4) is 0 Å². The number of rotatable bonds is 3. The Morgan fingerprint density at radius 1 is 1.47 bits per heavy atom. The third kappa shape index (κ3) is 1.98. The summed E-state index contributed by atoms with van der Waals surface area (Å²) in [6.07, 6.45) is 1.58. The monoisotopic (exact) mass is 251 g/mol. The van der Waals surface area contributed by atoms with Crippen molar-refractivity contribution in [1.82, 2.24) is 4.57 Å². The number of aromatic nitrogens is 1. The number of fused-ring (bicyclic) bond motifs is 1. The zero-order valence-electron chi connectivity index (χ0n) is 9.73. The van der Waals surface area contributed by atoms with Gasteiger partial charge in [-0.15, -0.1) is 11.3 Å². The quantitative estimate of drug-likeness (QED) is 0.786. The van der Waals surface area contributed by atoms with Gasteiger partial charge in [0.15, 0.2) is 0 Å². The molecule has 0 aliphatic rings. The van der Waals surface area contributed by atoms with Crippen LogP contribution in [0.1, 0.15) is 24.2 Å². The van der Waals surface area contributed by atoms with Gasteiger partial charge in [0.05, 0.1) is 16.8 Å². The number of aryl methyl sites for hydroxylation is 1. The van der Waals surface area contributed by atoms with Crippen molar-refractivity contribution in [2.75, 3.05) is 6.61 Å². The van der Waals surface area contributed by atoms with Crippen molar-refractivity contribution in [3.63, 3.8) is 0 Å². The van der Waals surface area contributed by atoms with E-state index in [0.29, 0.717) is 11.2 Å². The molecule has 0 aliphatic carbocycles. The number of esters is 1. The molecule has 0 amide bonds. The van der Waals surface area contributed by atoms with Crippen molar-refractivity contribution in [3.05, 3.63) is 33.4 Å². The van der Waals surface area contributed by atoms with Gasteiger partial charge in [-0.25, -0.2) is 4.79 Å². The molecule has 2 aromatic rings. The van der Waals surface area contributed by atoms with Crippen molar-refractivity contribution >= 4 is 27.5 Å². The molecular formula is C12H13NO3S. The molecule has 2 heterocycles. The van der Waals surface area contributed by atoms with Crippen LogP contribution in [0.5, 0.6) is 0 Å². The van der Waals surface area contributed by atoms with E-state index in [4.69, 9.17) is 4.74 Å². The molecule has 4 nitrogen and oxygen atoms in total. The van der Waals surface area contributed by atoms with E-state index in [1.54, 1.807) is 13.1 Å². The molecule has 0 aliphatic heterocycles. The van der Waals surface area contributed by atoms with Crippen LogP contribution in [0.15, 0.2) is 22.4 Å². The minimum absolute atomic E-state index is 0.114. The highest BCUT2D eigenvalue weighted by molar-refractivity contribution is 7.17. The summed E-state index contributed by atoms with van der Waals surface area (Å²) in [4.78, 5) is 23.7.